The van der Waals surface area contributed by atoms with Crippen LogP contribution < -0.4 is 14.4 Å². The van der Waals surface area contributed by atoms with Crippen molar-refractivity contribution in [1.29, 1.82) is 0 Å². The van der Waals surface area contributed by atoms with Crippen LogP contribution in [-0.4, -0.2) is 50.3 Å². The summed E-state index contributed by atoms with van der Waals surface area (Å²) in [6.45, 7) is 4.10. The summed E-state index contributed by atoms with van der Waals surface area (Å²) in [5.41, 5.74) is 0.796. The van der Waals surface area contributed by atoms with E-state index in [0.29, 0.717) is 28.9 Å². The topological polar surface area (TPSA) is 63.1 Å². The van der Waals surface area contributed by atoms with Gasteiger partial charge >= 0.3 is 0 Å². The summed E-state index contributed by atoms with van der Waals surface area (Å²) in [5, 5.41) is 4.49. The van der Waals surface area contributed by atoms with Crippen molar-refractivity contribution in [3.63, 3.8) is 0 Å². The lowest BCUT2D eigenvalue weighted by molar-refractivity contribution is -0.931. The molecule has 1 aromatic heterocycles. The van der Waals surface area contributed by atoms with Crippen LogP contribution in [0.25, 0.3) is 11.5 Å². The maximum Gasteiger partial charge on any atom is 0.292 e. The number of hydrogen-bond acceptors (Lipinski definition) is 6. The molecule has 2 aromatic rings. The van der Waals surface area contributed by atoms with Crippen LogP contribution in [0.4, 0.5) is 0 Å². The third-order valence-corrected chi connectivity index (χ3v) is 4.10. The highest BCUT2D eigenvalue weighted by atomic mass is 32.1. The molecular weight excluding hydrogens is 318 g/mol. The van der Waals surface area contributed by atoms with Gasteiger partial charge in [-0.3, -0.25) is 0 Å². The molecule has 8 heteroatoms. The van der Waals surface area contributed by atoms with E-state index in [2.05, 4.69) is 5.10 Å². The number of nitrogens with zero attached hydrogens (tertiary/aromatic N) is 2. The molecule has 0 spiro atoms. The summed E-state index contributed by atoms with van der Waals surface area (Å²) in [6, 6.07) is 5.51. The Morgan fingerprint density at radius 1 is 1.22 bits per heavy atom. The third-order valence-electron chi connectivity index (χ3n) is 3.81. The number of nitrogens with one attached hydrogen (secondary N) is 1. The Morgan fingerprint density at radius 3 is 2.65 bits per heavy atom. The molecule has 1 N–H and O–H groups in total. The Bertz CT molecular complexity index is 722. The summed E-state index contributed by atoms with van der Waals surface area (Å²) in [7, 11) is 3.20. The van der Waals surface area contributed by atoms with Gasteiger partial charge in [-0.1, -0.05) is 0 Å². The third kappa shape index (κ3) is 3.54. The van der Waals surface area contributed by atoms with Crippen molar-refractivity contribution in [2.24, 2.45) is 0 Å². The second-order valence-electron chi connectivity index (χ2n) is 5.26. The van der Waals surface area contributed by atoms with E-state index >= 15 is 0 Å². The standard InChI is InChI=1S/C15H19N3O4S/c1-19-12-4-3-11(9-13(12)20-2)14-16-18(15(23)22-14)10-17-5-7-21-8-6-17/h3-4,9H,5-8,10H2,1-2H3/p+1. The van der Waals surface area contributed by atoms with Crippen molar-refractivity contribution in [3.8, 4) is 23.0 Å². The normalized spacial score (nSPS) is 15.6. The summed E-state index contributed by atoms with van der Waals surface area (Å²) in [4.78, 5) is 1.74. The SMILES string of the molecule is COc1ccc(-c2nn(C[NH+]3CCOCC3)c(=S)o2)cc1OC. The van der Waals surface area contributed by atoms with Crippen LogP contribution in [0.2, 0.25) is 0 Å². The molecule has 1 saturated heterocycles. The average molecular weight is 338 g/mol. The van der Waals surface area contributed by atoms with Crippen molar-refractivity contribution in [1.82, 2.24) is 9.78 Å². The molecule has 0 atom stereocenters. The zero-order valence-electron chi connectivity index (χ0n) is 13.2. The largest absolute Gasteiger partial charge is 0.493 e. The number of morpholine rings is 1. The monoisotopic (exact) mass is 338 g/mol. The molecule has 0 radical (unpaired) electrons. The van der Waals surface area contributed by atoms with Crippen LogP contribution in [0, 0.1) is 4.84 Å². The first kappa shape index (κ1) is 16.0. The van der Waals surface area contributed by atoms with Gasteiger partial charge in [-0.15, -0.1) is 5.10 Å². The summed E-state index contributed by atoms with van der Waals surface area (Å²) >= 11 is 5.28. The van der Waals surface area contributed by atoms with Gasteiger partial charge in [0.15, 0.2) is 18.2 Å². The van der Waals surface area contributed by atoms with Crippen LogP contribution in [0.15, 0.2) is 22.6 Å². The first-order valence-electron chi connectivity index (χ1n) is 7.43. The maximum absolute atomic E-state index is 5.64. The number of methoxy groups -OCH3 is 2. The zero-order valence-corrected chi connectivity index (χ0v) is 14.0. The van der Waals surface area contributed by atoms with E-state index in [4.69, 9.17) is 30.8 Å². The molecule has 3 rings (SSSR count). The van der Waals surface area contributed by atoms with Gasteiger partial charge in [0, 0.05) is 5.56 Å². The number of aromatic nitrogens is 2. The molecule has 0 unspecified atom stereocenters. The maximum atomic E-state index is 5.64. The molecule has 0 bridgehead atoms. The Kier molecular flexibility index (Phi) is 4.94. The smallest absolute Gasteiger partial charge is 0.292 e. The highest BCUT2D eigenvalue weighted by molar-refractivity contribution is 7.71. The van der Waals surface area contributed by atoms with E-state index in [1.165, 1.54) is 4.90 Å². The molecule has 2 heterocycles. The Morgan fingerprint density at radius 2 is 1.96 bits per heavy atom. The minimum absolute atomic E-state index is 0.369. The molecule has 0 aliphatic carbocycles. The summed E-state index contributed by atoms with van der Waals surface area (Å²) in [6.07, 6.45) is 0. The van der Waals surface area contributed by atoms with E-state index in [1.54, 1.807) is 18.9 Å². The molecule has 0 amide bonds. The van der Waals surface area contributed by atoms with Crippen molar-refractivity contribution in [2.75, 3.05) is 40.5 Å². The molecule has 124 valence electrons. The van der Waals surface area contributed by atoms with E-state index in [-0.39, 0.29) is 0 Å². The Hall–Kier alpha value is -1.90. The number of rotatable bonds is 5. The first-order valence-corrected chi connectivity index (χ1v) is 7.83. The van der Waals surface area contributed by atoms with Gasteiger partial charge < -0.3 is 23.5 Å². The van der Waals surface area contributed by atoms with E-state index < -0.39 is 0 Å². The Labute approximate surface area is 139 Å². The van der Waals surface area contributed by atoms with Crippen molar-refractivity contribution >= 4 is 12.2 Å². The first-order chi connectivity index (χ1) is 11.2. The fourth-order valence-electron chi connectivity index (χ4n) is 2.52. The lowest BCUT2D eigenvalue weighted by Gasteiger charge is -2.22. The van der Waals surface area contributed by atoms with Gasteiger partial charge in [0.25, 0.3) is 4.84 Å². The Balaban J connectivity index is 1.83. The zero-order chi connectivity index (χ0) is 16.2. The molecule has 1 fully saturated rings. The van der Waals surface area contributed by atoms with Gasteiger partial charge in [-0.2, -0.15) is 4.68 Å². The molecule has 7 nitrogen and oxygen atoms in total. The van der Waals surface area contributed by atoms with Crippen LogP contribution in [-0.2, 0) is 11.4 Å². The molecule has 1 aliphatic rings. The van der Waals surface area contributed by atoms with Gasteiger partial charge in [0.1, 0.15) is 13.1 Å². The minimum Gasteiger partial charge on any atom is -0.493 e. The van der Waals surface area contributed by atoms with E-state index in [1.807, 2.05) is 18.2 Å². The number of hydrogen-bond donors (Lipinski definition) is 1. The molecule has 23 heavy (non-hydrogen) atoms. The van der Waals surface area contributed by atoms with Gasteiger partial charge in [0.05, 0.1) is 27.4 Å². The van der Waals surface area contributed by atoms with Gasteiger partial charge in [-0.05, 0) is 30.4 Å². The van der Waals surface area contributed by atoms with Crippen molar-refractivity contribution in [3.05, 3.63) is 23.0 Å². The quantitative estimate of drug-likeness (QED) is 0.813. The lowest BCUT2D eigenvalue weighted by Crippen LogP contribution is -3.13. The van der Waals surface area contributed by atoms with Gasteiger partial charge in [-0.25, -0.2) is 0 Å². The molecule has 1 aliphatic heterocycles. The second kappa shape index (κ2) is 7.12. The second-order valence-corrected chi connectivity index (χ2v) is 5.61. The minimum atomic E-state index is 0.369. The predicted octanol–water partition coefficient (Wildman–Crippen LogP) is 0.762. The summed E-state index contributed by atoms with van der Waals surface area (Å²) in [5.74, 6) is 1.76. The highest BCUT2D eigenvalue weighted by Crippen LogP contribution is 2.31. The lowest BCUT2D eigenvalue weighted by atomic mass is 10.2. The average Bonchev–Trinajstić information content (AvgIpc) is 2.96. The van der Waals surface area contributed by atoms with Gasteiger partial charge in [0.2, 0.25) is 5.89 Å². The summed E-state index contributed by atoms with van der Waals surface area (Å²) < 4.78 is 23.3. The van der Waals surface area contributed by atoms with Crippen LogP contribution >= 0.6 is 12.2 Å². The highest BCUT2D eigenvalue weighted by Gasteiger charge is 2.18. The van der Waals surface area contributed by atoms with Crippen LogP contribution in [0.1, 0.15) is 0 Å². The van der Waals surface area contributed by atoms with Crippen molar-refractivity contribution in [2.45, 2.75) is 6.67 Å². The van der Waals surface area contributed by atoms with E-state index in [9.17, 15) is 0 Å². The predicted molar refractivity (Wildman–Crippen MR) is 85.4 cm³/mol. The fraction of sp³-hybridized carbons (Fsp3) is 0.467. The number of quaternary nitrogens is 1. The van der Waals surface area contributed by atoms with Crippen LogP contribution in [0.5, 0.6) is 11.5 Å². The van der Waals surface area contributed by atoms with Crippen molar-refractivity contribution < 1.29 is 23.5 Å². The number of benzene rings is 1. The molecule has 0 saturated carbocycles. The van der Waals surface area contributed by atoms with Crippen LogP contribution in [0.3, 0.4) is 0 Å². The molecule has 1 aromatic carbocycles. The number of ether oxygens (including phenoxy) is 3. The fourth-order valence-corrected chi connectivity index (χ4v) is 2.71. The molecular formula is C15H20N3O4S+. The van der Waals surface area contributed by atoms with E-state index in [0.717, 1.165) is 31.9 Å².